The number of nitrogens with two attached hydrogens (primary N) is 1. The van der Waals surface area contributed by atoms with Crippen molar-refractivity contribution < 1.29 is 4.79 Å². The van der Waals surface area contributed by atoms with Crippen LogP contribution in [0.3, 0.4) is 0 Å². The molecule has 1 atom stereocenters. The third-order valence-electron chi connectivity index (χ3n) is 1.94. The number of ketones is 1. The minimum absolute atomic E-state index is 0.0944. The lowest BCUT2D eigenvalue weighted by molar-refractivity contribution is -0.116. The fourth-order valence-corrected chi connectivity index (χ4v) is 2.14. The number of rotatable bonds is 3. The molecule has 1 aromatic carbocycles. The molecule has 14 heavy (non-hydrogen) atoms. The van der Waals surface area contributed by atoms with Crippen molar-refractivity contribution in [2.75, 3.05) is 5.73 Å². The Labute approximate surface area is 100 Å². The number of Topliss-reactive ketones (excluding diaryl/α,β-unsaturated/α-hetero) is 1. The summed E-state index contributed by atoms with van der Waals surface area (Å²) in [5.74, 6) is 0.0944. The second kappa shape index (κ2) is 4.94. The van der Waals surface area contributed by atoms with Crippen LogP contribution in [0.5, 0.6) is 0 Å². The summed E-state index contributed by atoms with van der Waals surface area (Å²) in [6, 6.07) is 5.56. The largest absolute Gasteiger partial charge is 0.399 e. The molecule has 0 spiro atoms. The Balaban J connectivity index is 3.13. The minimum atomic E-state index is -0.240. The number of anilines is 1. The molecule has 0 aliphatic rings. The predicted molar refractivity (Wildman–Crippen MR) is 65.8 cm³/mol. The van der Waals surface area contributed by atoms with Crippen LogP contribution in [0.15, 0.2) is 18.2 Å². The SMILES string of the molecule is CC(=O)C(Br)c1ccc(N)cc1CBr. The monoisotopic (exact) mass is 319 g/mol. The summed E-state index contributed by atoms with van der Waals surface area (Å²) in [5.41, 5.74) is 8.39. The van der Waals surface area contributed by atoms with Crippen LogP contribution in [0.4, 0.5) is 5.69 Å². The molecule has 0 radical (unpaired) electrons. The summed E-state index contributed by atoms with van der Waals surface area (Å²) in [7, 11) is 0. The molecule has 1 aromatic rings. The highest BCUT2D eigenvalue weighted by atomic mass is 79.9. The Morgan fingerprint density at radius 3 is 2.71 bits per heavy atom. The van der Waals surface area contributed by atoms with E-state index in [1.54, 1.807) is 13.0 Å². The van der Waals surface area contributed by atoms with E-state index < -0.39 is 0 Å². The zero-order valence-electron chi connectivity index (χ0n) is 7.76. The van der Waals surface area contributed by atoms with E-state index in [0.717, 1.165) is 11.1 Å². The number of alkyl halides is 2. The molecule has 1 rings (SSSR count). The number of nitrogen functional groups attached to an aromatic ring is 1. The van der Waals surface area contributed by atoms with Crippen molar-refractivity contribution >= 4 is 43.3 Å². The van der Waals surface area contributed by atoms with E-state index in [2.05, 4.69) is 31.9 Å². The molecule has 1 unspecified atom stereocenters. The second-order valence-electron chi connectivity index (χ2n) is 3.07. The molecular weight excluding hydrogens is 310 g/mol. The van der Waals surface area contributed by atoms with E-state index in [1.165, 1.54) is 0 Å². The second-order valence-corrected chi connectivity index (χ2v) is 4.54. The molecule has 4 heteroatoms. The normalized spacial score (nSPS) is 12.5. The molecule has 0 fully saturated rings. The van der Waals surface area contributed by atoms with Gasteiger partial charge in [0, 0.05) is 11.0 Å². The van der Waals surface area contributed by atoms with Gasteiger partial charge in [0.1, 0.15) is 5.78 Å². The average molecular weight is 321 g/mol. The Bertz CT molecular complexity index is 352. The summed E-state index contributed by atoms with van der Waals surface area (Å²) in [6.07, 6.45) is 0. The van der Waals surface area contributed by atoms with Crippen LogP contribution in [0.1, 0.15) is 22.9 Å². The molecule has 0 aliphatic heterocycles. The summed E-state index contributed by atoms with van der Waals surface area (Å²) in [5, 5.41) is 0.697. The van der Waals surface area contributed by atoms with Gasteiger partial charge >= 0.3 is 0 Å². The molecule has 0 saturated carbocycles. The number of halogens is 2. The fourth-order valence-electron chi connectivity index (χ4n) is 1.21. The summed E-state index contributed by atoms with van der Waals surface area (Å²) >= 11 is 6.73. The maximum Gasteiger partial charge on any atom is 0.147 e. The van der Waals surface area contributed by atoms with Gasteiger partial charge in [-0.1, -0.05) is 37.9 Å². The van der Waals surface area contributed by atoms with Crippen molar-refractivity contribution in [2.45, 2.75) is 17.1 Å². The first kappa shape index (κ1) is 11.7. The minimum Gasteiger partial charge on any atom is -0.399 e. The van der Waals surface area contributed by atoms with E-state index in [9.17, 15) is 4.79 Å². The zero-order chi connectivity index (χ0) is 10.7. The first-order valence-electron chi connectivity index (χ1n) is 4.15. The number of hydrogen-bond acceptors (Lipinski definition) is 2. The molecule has 0 heterocycles. The summed E-state index contributed by atoms with van der Waals surface area (Å²) in [4.78, 5) is 11.0. The number of carbonyl (C=O) groups is 1. The van der Waals surface area contributed by atoms with Gasteiger partial charge in [-0.3, -0.25) is 4.79 Å². The highest BCUT2D eigenvalue weighted by Crippen LogP contribution is 2.29. The highest BCUT2D eigenvalue weighted by molar-refractivity contribution is 9.09. The highest BCUT2D eigenvalue weighted by Gasteiger charge is 2.15. The van der Waals surface area contributed by atoms with Gasteiger partial charge in [0.2, 0.25) is 0 Å². The number of hydrogen-bond donors (Lipinski definition) is 1. The van der Waals surface area contributed by atoms with Gasteiger partial charge < -0.3 is 5.73 Å². The molecule has 0 aromatic heterocycles. The molecule has 0 amide bonds. The number of benzene rings is 1. The lowest BCUT2D eigenvalue weighted by Gasteiger charge is -2.11. The van der Waals surface area contributed by atoms with Gasteiger partial charge in [0.05, 0.1) is 4.83 Å². The van der Waals surface area contributed by atoms with Gasteiger partial charge in [-0.15, -0.1) is 0 Å². The number of carbonyl (C=O) groups excluding carboxylic acids is 1. The molecule has 2 N–H and O–H groups in total. The van der Waals surface area contributed by atoms with Gasteiger partial charge in [-0.05, 0) is 30.2 Å². The lowest BCUT2D eigenvalue weighted by atomic mass is 10.0. The van der Waals surface area contributed by atoms with Crippen molar-refractivity contribution in [3.8, 4) is 0 Å². The molecule has 0 saturated heterocycles. The molecule has 0 bridgehead atoms. The van der Waals surface area contributed by atoms with E-state index >= 15 is 0 Å². The van der Waals surface area contributed by atoms with Crippen molar-refractivity contribution in [3.63, 3.8) is 0 Å². The van der Waals surface area contributed by atoms with Crippen LogP contribution in [0.25, 0.3) is 0 Å². The standard InChI is InChI=1S/C10H11Br2NO/c1-6(14)10(12)9-3-2-8(13)4-7(9)5-11/h2-4,10H,5,13H2,1H3. The van der Waals surface area contributed by atoms with Gasteiger partial charge in [0.25, 0.3) is 0 Å². The van der Waals surface area contributed by atoms with E-state index in [1.807, 2.05) is 12.1 Å². The zero-order valence-corrected chi connectivity index (χ0v) is 10.9. The predicted octanol–water partition coefficient (Wildman–Crippen LogP) is 3.19. The van der Waals surface area contributed by atoms with Crippen LogP contribution < -0.4 is 5.73 Å². The summed E-state index contributed by atoms with van der Waals surface area (Å²) in [6.45, 7) is 1.56. The van der Waals surface area contributed by atoms with Crippen LogP contribution in [-0.2, 0) is 10.1 Å². The quantitative estimate of drug-likeness (QED) is 0.686. The molecule has 2 nitrogen and oxygen atoms in total. The topological polar surface area (TPSA) is 43.1 Å². The summed E-state index contributed by atoms with van der Waals surface area (Å²) < 4.78 is 0. The van der Waals surface area contributed by atoms with Crippen LogP contribution in [0.2, 0.25) is 0 Å². The average Bonchev–Trinajstić information content (AvgIpc) is 2.16. The third kappa shape index (κ3) is 2.58. The Kier molecular flexibility index (Phi) is 4.13. The van der Waals surface area contributed by atoms with Crippen LogP contribution >= 0.6 is 31.9 Å². The van der Waals surface area contributed by atoms with Gasteiger partial charge in [-0.2, -0.15) is 0 Å². The van der Waals surface area contributed by atoms with E-state index in [0.29, 0.717) is 11.0 Å². The third-order valence-corrected chi connectivity index (χ3v) is 3.68. The van der Waals surface area contributed by atoms with Crippen molar-refractivity contribution in [3.05, 3.63) is 29.3 Å². The van der Waals surface area contributed by atoms with E-state index in [4.69, 9.17) is 5.73 Å². The maximum atomic E-state index is 11.2. The van der Waals surface area contributed by atoms with Gasteiger partial charge in [0.15, 0.2) is 0 Å². The first-order chi connectivity index (χ1) is 6.56. The maximum absolute atomic E-state index is 11.2. The first-order valence-corrected chi connectivity index (χ1v) is 6.18. The van der Waals surface area contributed by atoms with Crippen molar-refractivity contribution in [1.82, 2.24) is 0 Å². The van der Waals surface area contributed by atoms with Crippen LogP contribution in [0, 0.1) is 0 Å². The molecular formula is C10H11Br2NO. The Morgan fingerprint density at radius 1 is 1.57 bits per heavy atom. The molecule has 0 aliphatic carbocycles. The van der Waals surface area contributed by atoms with Crippen molar-refractivity contribution in [2.24, 2.45) is 0 Å². The Morgan fingerprint density at radius 2 is 2.21 bits per heavy atom. The van der Waals surface area contributed by atoms with Crippen molar-refractivity contribution in [1.29, 1.82) is 0 Å². The van der Waals surface area contributed by atoms with Crippen LogP contribution in [-0.4, -0.2) is 5.78 Å². The van der Waals surface area contributed by atoms with E-state index in [-0.39, 0.29) is 10.6 Å². The Hall–Kier alpha value is -0.350. The van der Waals surface area contributed by atoms with Gasteiger partial charge in [-0.25, -0.2) is 0 Å². The molecule has 76 valence electrons. The fraction of sp³-hybridized carbons (Fsp3) is 0.300. The lowest BCUT2D eigenvalue weighted by Crippen LogP contribution is -2.04. The smallest absolute Gasteiger partial charge is 0.147 e.